The minimum Gasteiger partial charge on any atom is -0.311 e. The van der Waals surface area contributed by atoms with E-state index in [0.29, 0.717) is 6.04 Å². The zero-order valence-corrected chi connectivity index (χ0v) is 14.8. The predicted octanol–water partition coefficient (Wildman–Crippen LogP) is 3.13. The van der Waals surface area contributed by atoms with E-state index in [1.807, 2.05) is 6.20 Å². The highest BCUT2D eigenvalue weighted by Gasteiger charge is 2.05. The number of nitrogens with zero attached hydrogens (tertiary/aromatic N) is 3. The summed E-state index contributed by atoms with van der Waals surface area (Å²) >= 11 is 0. The van der Waals surface area contributed by atoms with Crippen LogP contribution in [0.4, 0.5) is 0 Å². The summed E-state index contributed by atoms with van der Waals surface area (Å²) in [5.41, 5.74) is 1.27. The fourth-order valence-electron chi connectivity index (χ4n) is 2.13. The third-order valence-electron chi connectivity index (χ3n) is 3.27. The highest BCUT2D eigenvalue weighted by Crippen LogP contribution is 2.07. The molecule has 120 valence electrons. The van der Waals surface area contributed by atoms with Gasteiger partial charge in [0.2, 0.25) is 0 Å². The van der Waals surface area contributed by atoms with E-state index < -0.39 is 0 Å². The maximum absolute atomic E-state index is 4.34. The summed E-state index contributed by atoms with van der Waals surface area (Å²) in [6.45, 7) is 14.2. The second kappa shape index (κ2) is 12.5. The van der Waals surface area contributed by atoms with Crippen molar-refractivity contribution < 1.29 is 0 Å². The highest BCUT2D eigenvalue weighted by atomic mass is 35.5. The van der Waals surface area contributed by atoms with Crippen molar-refractivity contribution in [1.82, 2.24) is 20.0 Å². The molecular formula is C14H30Cl2N4. The Hall–Kier alpha value is -0.290. The smallest absolute Gasteiger partial charge is 0.0525 e. The Bertz CT molecular complexity index is 325. The molecule has 0 amide bonds. The maximum atomic E-state index is 4.34. The van der Waals surface area contributed by atoms with Crippen LogP contribution in [0.15, 0.2) is 12.3 Å². The molecule has 1 heterocycles. The van der Waals surface area contributed by atoms with Crippen LogP contribution < -0.4 is 5.32 Å². The molecule has 0 aliphatic rings. The Kier molecular flexibility index (Phi) is 13.7. The molecule has 1 N–H and O–H groups in total. The van der Waals surface area contributed by atoms with Crippen molar-refractivity contribution in [3.63, 3.8) is 0 Å². The molecule has 0 unspecified atom stereocenters. The molecule has 20 heavy (non-hydrogen) atoms. The minimum absolute atomic E-state index is 0. The zero-order valence-electron chi connectivity index (χ0n) is 13.1. The summed E-state index contributed by atoms with van der Waals surface area (Å²) in [5, 5.41) is 7.84. The molecule has 0 fully saturated rings. The van der Waals surface area contributed by atoms with Gasteiger partial charge in [0.15, 0.2) is 0 Å². The summed E-state index contributed by atoms with van der Waals surface area (Å²) < 4.78 is 2.08. The van der Waals surface area contributed by atoms with Crippen molar-refractivity contribution in [2.45, 2.75) is 46.7 Å². The lowest BCUT2D eigenvalue weighted by atomic mass is 10.3. The standard InChI is InChI=1S/C14H28N4.2ClH/c1-5-17(6-2)11-7-9-15-12-14-8-10-16-18(14)13(3)4;;/h8,10,13,15H,5-7,9,11-12H2,1-4H3;2*1H. The van der Waals surface area contributed by atoms with E-state index in [-0.39, 0.29) is 24.8 Å². The van der Waals surface area contributed by atoms with Gasteiger partial charge in [-0.3, -0.25) is 4.68 Å². The summed E-state index contributed by atoms with van der Waals surface area (Å²) in [4.78, 5) is 2.46. The van der Waals surface area contributed by atoms with E-state index in [9.17, 15) is 0 Å². The average Bonchev–Trinajstić information content (AvgIpc) is 2.82. The van der Waals surface area contributed by atoms with Gasteiger partial charge in [-0.25, -0.2) is 0 Å². The molecule has 0 saturated heterocycles. The topological polar surface area (TPSA) is 33.1 Å². The van der Waals surface area contributed by atoms with E-state index in [2.05, 4.69) is 53.8 Å². The van der Waals surface area contributed by atoms with E-state index in [1.165, 1.54) is 18.7 Å². The lowest BCUT2D eigenvalue weighted by Crippen LogP contribution is -2.27. The van der Waals surface area contributed by atoms with Crippen LogP contribution in [-0.2, 0) is 6.54 Å². The fourth-order valence-corrected chi connectivity index (χ4v) is 2.13. The van der Waals surface area contributed by atoms with Gasteiger partial charge in [-0.1, -0.05) is 13.8 Å². The predicted molar refractivity (Wildman–Crippen MR) is 91.2 cm³/mol. The number of halogens is 2. The summed E-state index contributed by atoms with van der Waals surface area (Å²) in [6, 6.07) is 2.53. The summed E-state index contributed by atoms with van der Waals surface area (Å²) in [5.74, 6) is 0. The van der Waals surface area contributed by atoms with Gasteiger partial charge >= 0.3 is 0 Å². The van der Waals surface area contributed by atoms with Crippen molar-refractivity contribution in [1.29, 1.82) is 0 Å². The molecular weight excluding hydrogens is 295 g/mol. The number of aromatic nitrogens is 2. The first-order valence-electron chi connectivity index (χ1n) is 7.14. The second-order valence-electron chi connectivity index (χ2n) is 4.92. The van der Waals surface area contributed by atoms with Crippen LogP contribution in [0.5, 0.6) is 0 Å². The van der Waals surface area contributed by atoms with Gasteiger partial charge < -0.3 is 10.2 Å². The van der Waals surface area contributed by atoms with Gasteiger partial charge in [-0.2, -0.15) is 5.10 Å². The third-order valence-corrected chi connectivity index (χ3v) is 3.27. The first-order valence-corrected chi connectivity index (χ1v) is 7.14. The minimum atomic E-state index is 0. The van der Waals surface area contributed by atoms with Gasteiger partial charge in [0.05, 0.1) is 5.69 Å². The van der Waals surface area contributed by atoms with E-state index in [1.54, 1.807) is 0 Å². The molecule has 0 aliphatic carbocycles. The molecule has 6 heteroatoms. The fraction of sp³-hybridized carbons (Fsp3) is 0.786. The van der Waals surface area contributed by atoms with Crippen LogP contribution in [0, 0.1) is 0 Å². The third kappa shape index (κ3) is 7.48. The summed E-state index contributed by atoms with van der Waals surface area (Å²) in [6.07, 6.45) is 3.09. The van der Waals surface area contributed by atoms with Gasteiger partial charge in [-0.15, -0.1) is 24.8 Å². The van der Waals surface area contributed by atoms with Gasteiger partial charge in [0.1, 0.15) is 0 Å². The molecule has 4 nitrogen and oxygen atoms in total. The second-order valence-corrected chi connectivity index (χ2v) is 4.92. The van der Waals surface area contributed by atoms with Crippen molar-refractivity contribution >= 4 is 24.8 Å². The monoisotopic (exact) mass is 324 g/mol. The van der Waals surface area contributed by atoms with Crippen molar-refractivity contribution in [2.24, 2.45) is 0 Å². The molecule has 1 aromatic rings. The molecule has 0 saturated carbocycles. The summed E-state index contributed by atoms with van der Waals surface area (Å²) in [7, 11) is 0. The maximum Gasteiger partial charge on any atom is 0.0525 e. The van der Waals surface area contributed by atoms with Crippen LogP contribution in [0.25, 0.3) is 0 Å². The molecule has 0 radical (unpaired) electrons. The van der Waals surface area contributed by atoms with Crippen LogP contribution in [0.1, 0.15) is 45.9 Å². The van der Waals surface area contributed by atoms with Gasteiger partial charge in [-0.05, 0) is 52.5 Å². The lowest BCUT2D eigenvalue weighted by molar-refractivity contribution is 0.297. The Morgan fingerprint density at radius 2 is 1.90 bits per heavy atom. The van der Waals surface area contributed by atoms with Crippen molar-refractivity contribution in [2.75, 3.05) is 26.2 Å². The Labute approximate surface area is 136 Å². The Morgan fingerprint density at radius 3 is 2.45 bits per heavy atom. The van der Waals surface area contributed by atoms with E-state index >= 15 is 0 Å². The lowest BCUT2D eigenvalue weighted by Gasteiger charge is -2.18. The normalized spacial score (nSPS) is 10.5. The molecule has 0 bridgehead atoms. The van der Waals surface area contributed by atoms with Crippen LogP contribution >= 0.6 is 24.8 Å². The van der Waals surface area contributed by atoms with E-state index in [4.69, 9.17) is 0 Å². The van der Waals surface area contributed by atoms with Crippen molar-refractivity contribution in [3.8, 4) is 0 Å². The van der Waals surface area contributed by atoms with Gasteiger partial charge in [0.25, 0.3) is 0 Å². The first kappa shape index (κ1) is 22.0. The molecule has 0 aromatic carbocycles. The number of hydrogen-bond acceptors (Lipinski definition) is 3. The van der Waals surface area contributed by atoms with E-state index in [0.717, 1.165) is 26.2 Å². The molecule has 0 aliphatic heterocycles. The van der Waals surface area contributed by atoms with Crippen LogP contribution in [-0.4, -0.2) is 40.9 Å². The zero-order chi connectivity index (χ0) is 13.4. The Morgan fingerprint density at radius 1 is 1.25 bits per heavy atom. The molecule has 1 rings (SSSR count). The van der Waals surface area contributed by atoms with Crippen molar-refractivity contribution in [3.05, 3.63) is 18.0 Å². The largest absolute Gasteiger partial charge is 0.311 e. The molecule has 1 aromatic heterocycles. The average molecular weight is 325 g/mol. The first-order chi connectivity index (χ1) is 8.69. The number of rotatable bonds is 9. The highest BCUT2D eigenvalue weighted by molar-refractivity contribution is 5.85. The Balaban J connectivity index is 0. The quantitative estimate of drug-likeness (QED) is 0.708. The van der Waals surface area contributed by atoms with Crippen LogP contribution in [0.2, 0.25) is 0 Å². The molecule has 0 atom stereocenters. The number of nitrogens with one attached hydrogen (secondary N) is 1. The van der Waals surface area contributed by atoms with Crippen LogP contribution in [0.3, 0.4) is 0 Å². The number of hydrogen-bond donors (Lipinski definition) is 1. The SMILES string of the molecule is CCN(CC)CCCNCc1ccnn1C(C)C.Cl.Cl. The molecule has 0 spiro atoms. The van der Waals surface area contributed by atoms with Gasteiger partial charge in [0, 0.05) is 18.8 Å².